The topological polar surface area (TPSA) is 55.8 Å². The van der Waals surface area contributed by atoms with Crippen molar-refractivity contribution in [3.8, 4) is 16.9 Å². The van der Waals surface area contributed by atoms with Crippen LogP contribution in [0.5, 0.6) is 5.75 Å². The smallest absolute Gasteiger partial charge is 0.410 e. The molecule has 2 bridgehead atoms. The largest absolute Gasteiger partial charge is 0.496 e. The van der Waals surface area contributed by atoms with Crippen molar-refractivity contribution in [3.63, 3.8) is 0 Å². The fourth-order valence-corrected chi connectivity index (χ4v) is 6.65. The van der Waals surface area contributed by atoms with Crippen LogP contribution in [0.4, 0.5) is 9.18 Å². The van der Waals surface area contributed by atoms with E-state index in [-0.39, 0.29) is 48.0 Å². The van der Waals surface area contributed by atoms with E-state index in [2.05, 4.69) is 24.3 Å². The lowest BCUT2D eigenvalue weighted by molar-refractivity contribution is 0.00645. The first kappa shape index (κ1) is 23.7. The van der Waals surface area contributed by atoms with Gasteiger partial charge in [-0.1, -0.05) is 48.5 Å². The normalized spacial score (nSPS) is 22.2. The second kappa shape index (κ2) is 9.66. The van der Waals surface area contributed by atoms with Gasteiger partial charge in [-0.05, 0) is 72.6 Å². The molecule has 2 unspecified atom stereocenters. The first-order valence-electron chi connectivity index (χ1n) is 13.1. The molecule has 1 aliphatic carbocycles. The molecule has 2 aliphatic heterocycles. The Hall–Kier alpha value is -3.67. The molecule has 1 amide bonds. The van der Waals surface area contributed by atoms with Crippen molar-refractivity contribution in [2.75, 3.05) is 13.7 Å². The molecule has 5 nitrogen and oxygen atoms in total. The van der Waals surface area contributed by atoms with E-state index in [0.717, 1.165) is 19.3 Å². The summed E-state index contributed by atoms with van der Waals surface area (Å²) < 4.78 is 25.2. The lowest BCUT2D eigenvalue weighted by atomic mass is 9.75. The second-order valence-corrected chi connectivity index (χ2v) is 10.3. The van der Waals surface area contributed by atoms with Gasteiger partial charge in [0.2, 0.25) is 0 Å². The number of nitrogens with zero attached hydrogens (tertiary/aromatic N) is 1. The quantitative estimate of drug-likeness (QED) is 0.371. The van der Waals surface area contributed by atoms with Crippen molar-refractivity contribution in [2.45, 2.75) is 50.1 Å². The van der Waals surface area contributed by atoms with E-state index < -0.39 is 5.82 Å². The first-order chi connectivity index (χ1) is 18.0. The summed E-state index contributed by atoms with van der Waals surface area (Å²) in [6, 6.07) is 20.5. The Labute approximate surface area is 216 Å². The zero-order valence-corrected chi connectivity index (χ0v) is 20.9. The average Bonchev–Trinajstić information content (AvgIpc) is 3.24. The number of carbonyl (C=O) groups excluding carboxylic acids is 2. The number of piperidine rings is 2. The van der Waals surface area contributed by atoms with Crippen LogP contribution in [-0.2, 0) is 4.74 Å². The molecule has 0 N–H and O–H groups in total. The van der Waals surface area contributed by atoms with E-state index in [4.69, 9.17) is 9.47 Å². The Morgan fingerprint density at radius 3 is 2.16 bits per heavy atom. The number of rotatable bonds is 5. The summed E-state index contributed by atoms with van der Waals surface area (Å²) in [4.78, 5) is 28.7. The van der Waals surface area contributed by atoms with Gasteiger partial charge < -0.3 is 14.4 Å². The number of halogens is 1. The number of carbonyl (C=O) groups is 2. The number of ketones is 1. The van der Waals surface area contributed by atoms with E-state index in [0.29, 0.717) is 18.6 Å². The second-order valence-electron chi connectivity index (χ2n) is 10.3. The maximum atomic E-state index is 13.9. The highest BCUT2D eigenvalue weighted by Gasteiger charge is 2.44. The van der Waals surface area contributed by atoms with Gasteiger partial charge in [-0.25, -0.2) is 9.18 Å². The molecule has 37 heavy (non-hydrogen) atoms. The number of fused-ring (bicyclic) bond motifs is 5. The third-order valence-electron chi connectivity index (χ3n) is 8.32. The van der Waals surface area contributed by atoms with Crippen molar-refractivity contribution in [3.05, 3.63) is 89.2 Å². The highest BCUT2D eigenvalue weighted by atomic mass is 19.1. The highest BCUT2D eigenvalue weighted by Crippen LogP contribution is 2.45. The predicted octanol–water partition coefficient (Wildman–Crippen LogP) is 6.60. The summed E-state index contributed by atoms with van der Waals surface area (Å²) in [5, 5.41) is 0. The molecule has 2 fully saturated rings. The van der Waals surface area contributed by atoms with Gasteiger partial charge in [-0.3, -0.25) is 4.79 Å². The van der Waals surface area contributed by atoms with Gasteiger partial charge in [0, 0.05) is 23.9 Å². The number of methoxy groups -OCH3 is 1. The van der Waals surface area contributed by atoms with E-state index in [1.54, 1.807) is 0 Å². The maximum absolute atomic E-state index is 13.9. The molecule has 6 rings (SSSR count). The van der Waals surface area contributed by atoms with Crippen LogP contribution in [0.2, 0.25) is 0 Å². The number of Topliss-reactive ketones (excluding diaryl/α,β-unsaturated/α-hetero) is 1. The Bertz CT molecular complexity index is 1300. The zero-order chi connectivity index (χ0) is 25.5. The molecule has 3 aromatic carbocycles. The van der Waals surface area contributed by atoms with Gasteiger partial charge in [-0.2, -0.15) is 0 Å². The SMILES string of the molecule is COc1ccc(F)cc1C(=O)C1CC2CCCC(C1)N2C(=O)OCC1c2ccccc2-c2ccccc21. The molecule has 2 saturated heterocycles. The minimum absolute atomic E-state index is 0.00995. The van der Waals surface area contributed by atoms with E-state index >= 15 is 0 Å². The minimum atomic E-state index is -0.458. The molecule has 3 aromatic rings. The predicted molar refractivity (Wildman–Crippen MR) is 138 cm³/mol. The van der Waals surface area contributed by atoms with E-state index in [1.807, 2.05) is 29.2 Å². The number of benzene rings is 3. The molecule has 2 heterocycles. The van der Waals surface area contributed by atoms with Crippen molar-refractivity contribution in [2.24, 2.45) is 5.92 Å². The van der Waals surface area contributed by atoms with Crippen molar-refractivity contribution in [1.82, 2.24) is 4.90 Å². The van der Waals surface area contributed by atoms with Gasteiger partial charge >= 0.3 is 6.09 Å². The molecule has 0 radical (unpaired) electrons. The highest BCUT2D eigenvalue weighted by molar-refractivity contribution is 6.00. The zero-order valence-electron chi connectivity index (χ0n) is 20.9. The summed E-state index contributed by atoms with van der Waals surface area (Å²) >= 11 is 0. The van der Waals surface area contributed by atoms with Crippen LogP contribution in [0.25, 0.3) is 11.1 Å². The van der Waals surface area contributed by atoms with Gasteiger partial charge in [0.1, 0.15) is 18.2 Å². The number of ether oxygens (including phenoxy) is 2. The Morgan fingerprint density at radius 1 is 0.919 bits per heavy atom. The fraction of sp³-hybridized carbons (Fsp3) is 0.355. The minimum Gasteiger partial charge on any atom is -0.496 e. The number of amides is 1. The fourth-order valence-electron chi connectivity index (χ4n) is 6.65. The molecule has 2 atom stereocenters. The van der Waals surface area contributed by atoms with Gasteiger partial charge in [0.05, 0.1) is 12.7 Å². The summed E-state index contributed by atoms with van der Waals surface area (Å²) in [6.45, 7) is 0.283. The van der Waals surface area contributed by atoms with Crippen molar-refractivity contribution < 1.29 is 23.5 Å². The molecular formula is C31H30FNO4. The van der Waals surface area contributed by atoms with Gasteiger partial charge in [0.15, 0.2) is 5.78 Å². The summed E-state index contributed by atoms with van der Waals surface area (Å²) in [5.41, 5.74) is 5.04. The molecule has 190 valence electrons. The van der Waals surface area contributed by atoms with E-state index in [1.165, 1.54) is 47.6 Å². The summed E-state index contributed by atoms with van der Waals surface area (Å²) in [5.74, 6) is -0.448. The lowest BCUT2D eigenvalue weighted by Gasteiger charge is -2.47. The number of hydrogen-bond donors (Lipinski definition) is 0. The Balaban J connectivity index is 1.17. The Kier molecular flexibility index (Phi) is 6.19. The molecule has 0 saturated carbocycles. The molecular weight excluding hydrogens is 469 g/mol. The number of hydrogen-bond acceptors (Lipinski definition) is 4. The van der Waals surface area contributed by atoms with Crippen LogP contribution in [-0.4, -0.2) is 42.6 Å². The van der Waals surface area contributed by atoms with E-state index in [9.17, 15) is 14.0 Å². The summed E-state index contributed by atoms with van der Waals surface area (Å²) in [7, 11) is 1.48. The van der Waals surface area contributed by atoms with Crippen LogP contribution in [0, 0.1) is 11.7 Å². The third kappa shape index (κ3) is 4.18. The van der Waals surface area contributed by atoms with Crippen molar-refractivity contribution >= 4 is 11.9 Å². The molecule has 3 aliphatic rings. The van der Waals surface area contributed by atoms with Gasteiger partial charge in [0.25, 0.3) is 0 Å². The standard InChI is InChI=1S/C31H30FNO4/c1-36-29-14-13-20(32)17-27(29)30(34)19-15-21-7-6-8-22(16-19)33(21)31(35)37-18-28-25-11-4-2-9-23(25)24-10-3-5-12-26(24)28/h2-5,9-14,17,19,21-22,28H,6-8,15-16,18H2,1H3. The monoisotopic (exact) mass is 499 g/mol. The van der Waals surface area contributed by atoms with Crippen LogP contribution in [0.3, 0.4) is 0 Å². The maximum Gasteiger partial charge on any atom is 0.410 e. The van der Waals surface area contributed by atoms with Crippen LogP contribution >= 0.6 is 0 Å². The summed E-state index contributed by atoms with van der Waals surface area (Å²) in [6.07, 6.45) is 3.51. The molecule has 6 heteroatoms. The van der Waals surface area contributed by atoms with Gasteiger partial charge in [-0.15, -0.1) is 0 Å². The molecule has 0 spiro atoms. The Morgan fingerprint density at radius 2 is 1.54 bits per heavy atom. The van der Waals surface area contributed by atoms with Crippen LogP contribution < -0.4 is 4.74 Å². The van der Waals surface area contributed by atoms with Crippen molar-refractivity contribution in [1.29, 1.82) is 0 Å². The van der Waals surface area contributed by atoms with Crippen LogP contribution in [0.15, 0.2) is 66.7 Å². The first-order valence-corrected chi connectivity index (χ1v) is 13.1. The molecule has 0 aromatic heterocycles. The average molecular weight is 500 g/mol. The van der Waals surface area contributed by atoms with Crippen LogP contribution in [0.1, 0.15) is 59.5 Å². The lowest BCUT2D eigenvalue weighted by Crippen LogP contribution is -2.55. The third-order valence-corrected chi connectivity index (χ3v) is 8.32.